The molecule has 1 saturated carbocycles. The molecule has 13 heavy (non-hydrogen) atoms. The minimum absolute atomic E-state index is 0.0929. The fourth-order valence-electron chi connectivity index (χ4n) is 2.00. The zero-order valence-corrected chi connectivity index (χ0v) is 7.61. The van der Waals surface area contributed by atoms with Gasteiger partial charge in [-0.3, -0.25) is 0 Å². The van der Waals surface area contributed by atoms with Crippen LogP contribution in [0, 0.1) is 5.92 Å². The van der Waals surface area contributed by atoms with Crippen LogP contribution >= 0.6 is 0 Å². The normalized spacial score (nSPS) is 23.1. The summed E-state index contributed by atoms with van der Waals surface area (Å²) in [5.74, 6) is 0.0929. The molecule has 1 aliphatic carbocycles. The topological polar surface area (TPSA) is 26.0 Å². The maximum absolute atomic E-state index is 12.0. The Hall–Kier alpha value is -0.250. The Morgan fingerprint density at radius 3 is 2.15 bits per heavy atom. The highest BCUT2D eigenvalue weighted by molar-refractivity contribution is 4.78. The zero-order valence-electron chi connectivity index (χ0n) is 7.61. The van der Waals surface area contributed by atoms with Crippen molar-refractivity contribution in [1.82, 2.24) is 0 Å². The molecule has 0 radical (unpaired) electrons. The first-order chi connectivity index (χ1) is 5.99. The van der Waals surface area contributed by atoms with Crippen LogP contribution in [0.25, 0.3) is 0 Å². The molecule has 0 amide bonds. The maximum atomic E-state index is 12.0. The van der Waals surface area contributed by atoms with E-state index in [-0.39, 0.29) is 5.92 Å². The van der Waals surface area contributed by atoms with Gasteiger partial charge in [0.15, 0.2) is 0 Å². The Bertz CT molecular complexity index is 149. The van der Waals surface area contributed by atoms with Crippen molar-refractivity contribution in [3.05, 3.63) is 0 Å². The molecule has 4 heteroatoms. The van der Waals surface area contributed by atoms with Gasteiger partial charge in [-0.1, -0.05) is 19.3 Å². The van der Waals surface area contributed by atoms with Crippen LogP contribution in [0.4, 0.5) is 13.2 Å². The highest BCUT2D eigenvalue weighted by Gasteiger charge is 2.33. The van der Waals surface area contributed by atoms with E-state index in [2.05, 4.69) is 0 Å². The minimum Gasteiger partial charge on any atom is -0.327 e. The van der Waals surface area contributed by atoms with E-state index in [0.717, 1.165) is 32.1 Å². The number of nitrogens with two attached hydrogens (primary N) is 1. The number of halogens is 3. The summed E-state index contributed by atoms with van der Waals surface area (Å²) in [6.45, 7) is 0. The largest absolute Gasteiger partial charge is 0.390 e. The van der Waals surface area contributed by atoms with Gasteiger partial charge < -0.3 is 5.73 Å². The Labute approximate surface area is 76.5 Å². The lowest BCUT2D eigenvalue weighted by Crippen LogP contribution is -2.35. The molecule has 0 aromatic rings. The molecule has 0 saturated heterocycles. The van der Waals surface area contributed by atoms with E-state index in [0.29, 0.717) is 0 Å². The highest BCUT2D eigenvalue weighted by atomic mass is 19.4. The predicted molar refractivity (Wildman–Crippen MR) is 45.2 cm³/mol. The van der Waals surface area contributed by atoms with Gasteiger partial charge >= 0.3 is 6.18 Å². The number of hydrogen-bond donors (Lipinski definition) is 1. The lowest BCUT2D eigenvalue weighted by atomic mass is 9.83. The Balaban J connectivity index is 2.33. The van der Waals surface area contributed by atoms with E-state index >= 15 is 0 Å². The monoisotopic (exact) mass is 195 g/mol. The Kier molecular flexibility index (Phi) is 3.59. The molecule has 0 heterocycles. The molecule has 1 rings (SSSR count). The van der Waals surface area contributed by atoms with Gasteiger partial charge in [0, 0.05) is 6.04 Å². The number of hydrogen-bond acceptors (Lipinski definition) is 1. The van der Waals surface area contributed by atoms with Crippen LogP contribution in [-0.2, 0) is 0 Å². The average Bonchev–Trinajstić information content (AvgIpc) is 2.03. The second-order valence-corrected chi connectivity index (χ2v) is 3.88. The van der Waals surface area contributed by atoms with Gasteiger partial charge in [-0.25, -0.2) is 0 Å². The van der Waals surface area contributed by atoms with Gasteiger partial charge in [-0.05, 0) is 18.8 Å². The summed E-state index contributed by atoms with van der Waals surface area (Å²) >= 11 is 0. The van der Waals surface area contributed by atoms with Crippen molar-refractivity contribution in [2.24, 2.45) is 11.7 Å². The zero-order chi connectivity index (χ0) is 9.90. The highest BCUT2D eigenvalue weighted by Crippen LogP contribution is 2.31. The summed E-state index contributed by atoms with van der Waals surface area (Å²) in [5, 5.41) is 0. The standard InChI is InChI=1S/C9H16F3N/c10-9(11,12)6-8(13)7-4-2-1-3-5-7/h7-8H,1-6,13H2/t8-/m1/s1. The van der Waals surface area contributed by atoms with Crippen molar-refractivity contribution in [3.8, 4) is 0 Å². The first kappa shape index (κ1) is 10.8. The first-order valence-electron chi connectivity index (χ1n) is 4.81. The third-order valence-corrected chi connectivity index (χ3v) is 2.72. The van der Waals surface area contributed by atoms with E-state index in [1.807, 2.05) is 0 Å². The second-order valence-electron chi connectivity index (χ2n) is 3.88. The summed E-state index contributed by atoms with van der Waals surface area (Å²) in [7, 11) is 0. The molecule has 1 nitrogen and oxygen atoms in total. The fraction of sp³-hybridized carbons (Fsp3) is 1.00. The SMILES string of the molecule is N[C@H](CC(F)(F)F)C1CCCCC1. The number of alkyl halides is 3. The van der Waals surface area contributed by atoms with Crippen LogP contribution < -0.4 is 5.73 Å². The lowest BCUT2D eigenvalue weighted by Gasteiger charge is -2.27. The van der Waals surface area contributed by atoms with Gasteiger partial charge in [0.2, 0.25) is 0 Å². The van der Waals surface area contributed by atoms with Crippen LogP contribution in [0.3, 0.4) is 0 Å². The first-order valence-corrected chi connectivity index (χ1v) is 4.81. The molecule has 1 atom stereocenters. The van der Waals surface area contributed by atoms with Gasteiger partial charge in [0.1, 0.15) is 0 Å². The third-order valence-electron chi connectivity index (χ3n) is 2.72. The van der Waals surface area contributed by atoms with Crippen molar-refractivity contribution in [2.45, 2.75) is 50.7 Å². The second kappa shape index (κ2) is 4.31. The van der Waals surface area contributed by atoms with E-state index in [1.54, 1.807) is 0 Å². The third kappa shape index (κ3) is 3.98. The van der Waals surface area contributed by atoms with E-state index < -0.39 is 18.6 Å². The van der Waals surface area contributed by atoms with Crippen molar-refractivity contribution in [1.29, 1.82) is 0 Å². The molecule has 1 aliphatic rings. The fourth-order valence-corrected chi connectivity index (χ4v) is 2.00. The van der Waals surface area contributed by atoms with Crippen molar-refractivity contribution >= 4 is 0 Å². The van der Waals surface area contributed by atoms with Gasteiger partial charge in [0.25, 0.3) is 0 Å². The summed E-state index contributed by atoms with van der Waals surface area (Å²) in [4.78, 5) is 0. The maximum Gasteiger partial charge on any atom is 0.390 e. The molecule has 0 unspecified atom stereocenters. The van der Waals surface area contributed by atoms with E-state index in [4.69, 9.17) is 5.73 Å². The molecule has 78 valence electrons. The molecule has 0 aromatic carbocycles. The molecular formula is C9H16F3N. The van der Waals surface area contributed by atoms with Crippen LogP contribution in [0.5, 0.6) is 0 Å². The molecule has 0 spiro atoms. The summed E-state index contributed by atoms with van der Waals surface area (Å²) in [5.41, 5.74) is 5.51. The summed E-state index contributed by atoms with van der Waals surface area (Å²) < 4.78 is 35.9. The van der Waals surface area contributed by atoms with E-state index in [9.17, 15) is 13.2 Å². The molecule has 2 N–H and O–H groups in total. The van der Waals surface area contributed by atoms with Crippen LogP contribution in [0.1, 0.15) is 38.5 Å². The Morgan fingerprint density at radius 2 is 1.69 bits per heavy atom. The van der Waals surface area contributed by atoms with Crippen molar-refractivity contribution in [3.63, 3.8) is 0 Å². The van der Waals surface area contributed by atoms with Crippen LogP contribution in [0.15, 0.2) is 0 Å². The van der Waals surface area contributed by atoms with Crippen molar-refractivity contribution in [2.75, 3.05) is 0 Å². The smallest absolute Gasteiger partial charge is 0.327 e. The van der Waals surface area contributed by atoms with E-state index in [1.165, 1.54) is 0 Å². The molecule has 0 aliphatic heterocycles. The van der Waals surface area contributed by atoms with Gasteiger partial charge in [0.05, 0.1) is 6.42 Å². The minimum atomic E-state index is -4.10. The Morgan fingerprint density at radius 1 is 1.15 bits per heavy atom. The van der Waals surface area contributed by atoms with Crippen LogP contribution in [-0.4, -0.2) is 12.2 Å². The lowest BCUT2D eigenvalue weighted by molar-refractivity contribution is -0.141. The average molecular weight is 195 g/mol. The van der Waals surface area contributed by atoms with Crippen molar-refractivity contribution < 1.29 is 13.2 Å². The number of rotatable bonds is 2. The summed E-state index contributed by atoms with van der Waals surface area (Å²) in [6.07, 6.45) is 0.0463. The quantitative estimate of drug-likeness (QED) is 0.720. The van der Waals surface area contributed by atoms with Gasteiger partial charge in [-0.2, -0.15) is 13.2 Å². The van der Waals surface area contributed by atoms with Gasteiger partial charge in [-0.15, -0.1) is 0 Å². The molecule has 0 aromatic heterocycles. The van der Waals surface area contributed by atoms with Crippen LogP contribution in [0.2, 0.25) is 0 Å². The molecular weight excluding hydrogens is 179 g/mol. The predicted octanol–water partition coefficient (Wildman–Crippen LogP) is 2.85. The summed E-state index contributed by atoms with van der Waals surface area (Å²) in [6, 6.07) is -0.680. The molecule has 1 fully saturated rings. The molecule has 0 bridgehead atoms.